The van der Waals surface area contributed by atoms with Crippen molar-refractivity contribution in [2.75, 3.05) is 7.11 Å². The molecule has 40 heavy (non-hydrogen) atoms. The molecule has 4 rings (SSSR count). The van der Waals surface area contributed by atoms with Gasteiger partial charge in [0.05, 0.1) is 7.11 Å². The van der Waals surface area contributed by atoms with Gasteiger partial charge in [0.25, 0.3) is 0 Å². The van der Waals surface area contributed by atoms with Gasteiger partial charge in [-0.25, -0.2) is 0 Å². The molecular formula is C36H60O4. The molecule has 0 aromatic carbocycles. The highest BCUT2D eigenvalue weighted by atomic mass is 16.5. The zero-order valence-corrected chi connectivity index (χ0v) is 26.9. The third kappa shape index (κ3) is 6.51. The summed E-state index contributed by atoms with van der Waals surface area (Å²) in [5.74, 6) is 5.61. The Morgan fingerprint density at radius 3 is 2.35 bits per heavy atom. The highest BCUT2D eigenvalue weighted by Gasteiger charge is 2.59. The average Bonchev–Trinajstić information content (AvgIpc) is 3.28. The number of hydrogen-bond donors (Lipinski definition) is 0. The molecular weight excluding hydrogens is 496 g/mol. The molecule has 3 unspecified atom stereocenters. The van der Waals surface area contributed by atoms with E-state index in [4.69, 9.17) is 4.74 Å². The number of rotatable bonds is 12. The molecule has 4 aliphatic rings. The summed E-state index contributed by atoms with van der Waals surface area (Å²) >= 11 is 0. The molecule has 0 saturated heterocycles. The molecule has 4 heteroatoms. The molecule has 0 spiro atoms. The molecule has 0 aromatic heterocycles. The number of unbranched alkanes of at least 4 members (excludes halogenated alkanes) is 1. The van der Waals surface area contributed by atoms with Crippen molar-refractivity contribution >= 4 is 11.9 Å². The summed E-state index contributed by atoms with van der Waals surface area (Å²) < 4.78 is 10.6. The second-order valence-corrected chi connectivity index (χ2v) is 15.1. The first kappa shape index (κ1) is 31.6. The molecule has 3 saturated carbocycles. The predicted octanol–water partition coefficient (Wildman–Crippen LogP) is 9.31. The van der Waals surface area contributed by atoms with Gasteiger partial charge in [-0.2, -0.15) is 0 Å². The summed E-state index contributed by atoms with van der Waals surface area (Å²) in [6.45, 7) is 15.0. The molecule has 0 aromatic rings. The first-order chi connectivity index (χ1) is 19.0. The molecule has 0 bridgehead atoms. The van der Waals surface area contributed by atoms with Gasteiger partial charge in [0.1, 0.15) is 6.10 Å². The third-order valence-electron chi connectivity index (χ3n) is 12.8. The molecule has 0 N–H and O–H groups in total. The second kappa shape index (κ2) is 13.3. The molecule has 228 valence electrons. The van der Waals surface area contributed by atoms with Crippen molar-refractivity contribution < 1.29 is 19.1 Å². The lowest BCUT2D eigenvalue weighted by Crippen LogP contribution is -2.51. The maximum atomic E-state index is 12.5. The summed E-state index contributed by atoms with van der Waals surface area (Å²) in [7, 11) is 1.41. The number of hydrogen-bond acceptors (Lipinski definition) is 4. The second-order valence-electron chi connectivity index (χ2n) is 15.1. The molecule has 4 nitrogen and oxygen atoms in total. The quantitative estimate of drug-likeness (QED) is 0.136. The van der Waals surface area contributed by atoms with E-state index in [0.29, 0.717) is 31.1 Å². The Kier molecular flexibility index (Phi) is 10.5. The highest BCUT2D eigenvalue weighted by Crippen LogP contribution is 2.67. The molecule has 4 aliphatic carbocycles. The normalized spacial score (nSPS) is 36.6. The Bertz CT molecular complexity index is 906. The van der Waals surface area contributed by atoms with Gasteiger partial charge >= 0.3 is 11.9 Å². The van der Waals surface area contributed by atoms with E-state index in [-0.39, 0.29) is 23.5 Å². The molecule has 3 fully saturated rings. The zero-order chi connectivity index (χ0) is 29.1. The number of allylic oxidation sites excluding steroid dienone is 1. The first-order valence-electron chi connectivity index (χ1n) is 17.0. The summed E-state index contributed by atoms with van der Waals surface area (Å²) in [4.78, 5) is 23.8. The van der Waals surface area contributed by atoms with Gasteiger partial charge in [-0.1, -0.05) is 66.0 Å². The van der Waals surface area contributed by atoms with Crippen LogP contribution in [0.25, 0.3) is 0 Å². The van der Waals surface area contributed by atoms with Crippen molar-refractivity contribution in [3.8, 4) is 0 Å². The van der Waals surface area contributed by atoms with Crippen LogP contribution in [0.15, 0.2) is 11.6 Å². The van der Waals surface area contributed by atoms with E-state index in [1.807, 2.05) is 0 Å². The summed E-state index contributed by atoms with van der Waals surface area (Å²) in [6, 6.07) is 0. The van der Waals surface area contributed by atoms with Crippen LogP contribution in [0.5, 0.6) is 0 Å². The van der Waals surface area contributed by atoms with Crippen molar-refractivity contribution in [2.24, 2.45) is 52.3 Å². The molecule has 0 aliphatic heterocycles. The van der Waals surface area contributed by atoms with Crippen LogP contribution in [0.4, 0.5) is 0 Å². The third-order valence-corrected chi connectivity index (χ3v) is 12.8. The van der Waals surface area contributed by atoms with Crippen molar-refractivity contribution in [1.82, 2.24) is 0 Å². The van der Waals surface area contributed by atoms with Crippen LogP contribution < -0.4 is 0 Å². The minimum atomic E-state index is -0.208. The smallest absolute Gasteiger partial charge is 0.306 e. The van der Waals surface area contributed by atoms with Crippen LogP contribution in [0, 0.1) is 52.3 Å². The number of carbonyl (C=O) groups excluding carboxylic acids is 2. The van der Waals surface area contributed by atoms with Crippen LogP contribution >= 0.6 is 0 Å². The zero-order valence-electron chi connectivity index (χ0n) is 26.9. The van der Waals surface area contributed by atoms with Crippen LogP contribution in [0.2, 0.25) is 0 Å². The first-order valence-corrected chi connectivity index (χ1v) is 17.0. The lowest BCUT2D eigenvalue weighted by Gasteiger charge is -2.58. The maximum absolute atomic E-state index is 12.5. The summed E-state index contributed by atoms with van der Waals surface area (Å²) in [5, 5.41) is 0. The van der Waals surface area contributed by atoms with Crippen LogP contribution in [0.3, 0.4) is 0 Å². The Hall–Kier alpha value is -1.32. The fourth-order valence-corrected chi connectivity index (χ4v) is 10.3. The lowest BCUT2D eigenvalue weighted by atomic mass is 9.47. The van der Waals surface area contributed by atoms with Crippen molar-refractivity contribution in [3.63, 3.8) is 0 Å². The Morgan fingerprint density at radius 2 is 1.68 bits per heavy atom. The van der Waals surface area contributed by atoms with E-state index in [1.54, 1.807) is 5.57 Å². The van der Waals surface area contributed by atoms with Gasteiger partial charge in [0.15, 0.2) is 0 Å². The van der Waals surface area contributed by atoms with Crippen LogP contribution in [-0.4, -0.2) is 25.2 Å². The van der Waals surface area contributed by atoms with E-state index in [0.717, 1.165) is 60.7 Å². The number of methoxy groups -OCH3 is 1. The average molecular weight is 557 g/mol. The fourth-order valence-electron chi connectivity index (χ4n) is 10.3. The van der Waals surface area contributed by atoms with E-state index < -0.39 is 0 Å². The van der Waals surface area contributed by atoms with Gasteiger partial charge in [-0.3, -0.25) is 9.59 Å². The molecule has 0 radical (unpaired) electrons. The van der Waals surface area contributed by atoms with Crippen LogP contribution in [0.1, 0.15) is 138 Å². The van der Waals surface area contributed by atoms with Gasteiger partial charge < -0.3 is 9.47 Å². The molecule has 0 heterocycles. The number of ether oxygens (including phenoxy) is 2. The summed E-state index contributed by atoms with van der Waals surface area (Å²) in [6.07, 6.45) is 18.8. The maximum Gasteiger partial charge on any atom is 0.306 e. The van der Waals surface area contributed by atoms with E-state index in [2.05, 4.69) is 52.4 Å². The Balaban J connectivity index is 1.33. The standard InChI is InChI=1S/C36H60O4/c1-8-26(24(2)3)14-13-25(4)30-17-18-31-29-16-15-27-23-28(40-34(38)12-10-9-11-33(37)39-7)19-21-35(27,5)32(29)20-22-36(30,31)6/h15,24-26,28-32H,8-14,16-23H2,1-7H3/t25-,26+,28+,29?,30-,31?,32?,35+,36-/m1/s1. The lowest BCUT2D eigenvalue weighted by molar-refractivity contribution is -0.152. The van der Waals surface area contributed by atoms with Crippen molar-refractivity contribution in [2.45, 2.75) is 144 Å². The number of fused-ring (bicyclic) bond motifs is 5. The van der Waals surface area contributed by atoms with E-state index >= 15 is 0 Å². The minimum absolute atomic E-state index is 0.0207. The van der Waals surface area contributed by atoms with Crippen molar-refractivity contribution in [1.29, 1.82) is 0 Å². The van der Waals surface area contributed by atoms with Crippen molar-refractivity contribution in [3.05, 3.63) is 11.6 Å². The Morgan fingerprint density at radius 1 is 0.950 bits per heavy atom. The molecule has 0 amide bonds. The van der Waals surface area contributed by atoms with Gasteiger partial charge in [-0.15, -0.1) is 0 Å². The van der Waals surface area contributed by atoms with E-state index in [1.165, 1.54) is 58.5 Å². The highest BCUT2D eigenvalue weighted by molar-refractivity contribution is 5.70. The minimum Gasteiger partial charge on any atom is -0.469 e. The largest absolute Gasteiger partial charge is 0.469 e. The predicted molar refractivity (Wildman–Crippen MR) is 163 cm³/mol. The Labute approximate surface area is 245 Å². The van der Waals surface area contributed by atoms with Crippen LogP contribution in [-0.2, 0) is 19.1 Å². The van der Waals surface area contributed by atoms with Gasteiger partial charge in [0, 0.05) is 19.3 Å². The molecule has 9 atom stereocenters. The van der Waals surface area contributed by atoms with E-state index in [9.17, 15) is 9.59 Å². The topological polar surface area (TPSA) is 52.6 Å². The number of esters is 2. The monoisotopic (exact) mass is 556 g/mol. The van der Waals surface area contributed by atoms with Gasteiger partial charge in [0.2, 0.25) is 0 Å². The summed E-state index contributed by atoms with van der Waals surface area (Å²) in [5.41, 5.74) is 2.38. The fraction of sp³-hybridized carbons (Fsp3) is 0.889. The SMILES string of the molecule is CC[C@@H](CC[C@@H](C)[C@H]1CCC2C3CC=C4C[C@@H](OC(=O)CCCCC(=O)OC)CC[C@]4(C)C3CC[C@@]21C)C(C)C. The number of carbonyl (C=O) groups is 2. The van der Waals surface area contributed by atoms with Gasteiger partial charge in [-0.05, 0) is 116 Å².